The highest BCUT2D eigenvalue weighted by Crippen LogP contribution is 2.19. The number of fused-ring (bicyclic) bond motifs is 1. The smallest absolute Gasteiger partial charge is 0.261 e. The minimum absolute atomic E-state index is 0.258. The number of nitrogens with zero attached hydrogens (tertiary/aromatic N) is 2. The van der Waals surface area contributed by atoms with Gasteiger partial charge in [0.2, 0.25) is 0 Å². The Kier molecular flexibility index (Phi) is 5.11. The van der Waals surface area contributed by atoms with E-state index in [-0.39, 0.29) is 4.90 Å². The molecule has 0 fully saturated rings. The topological polar surface area (TPSA) is 64.0 Å². The normalized spacial score (nSPS) is 11.7. The molecule has 1 aromatic heterocycles. The highest BCUT2D eigenvalue weighted by molar-refractivity contribution is 7.92. The molecule has 0 spiro atoms. The Bertz CT molecular complexity index is 1240. The molecule has 0 unspecified atom stereocenters. The van der Waals surface area contributed by atoms with Crippen molar-refractivity contribution in [2.24, 2.45) is 7.05 Å². The summed E-state index contributed by atoms with van der Waals surface area (Å²) < 4.78 is 29.8. The van der Waals surface area contributed by atoms with E-state index in [1.165, 1.54) is 0 Å². The Hall–Kier alpha value is -3.12. The van der Waals surface area contributed by atoms with E-state index in [1.54, 1.807) is 36.4 Å². The van der Waals surface area contributed by atoms with Crippen LogP contribution in [0, 0.1) is 6.92 Å². The summed E-state index contributed by atoms with van der Waals surface area (Å²) in [5, 5.41) is 0. The Morgan fingerprint density at radius 1 is 0.897 bits per heavy atom. The van der Waals surface area contributed by atoms with Gasteiger partial charge in [-0.15, -0.1) is 0 Å². The number of rotatable bonds is 6. The molecule has 4 aromatic rings. The van der Waals surface area contributed by atoms with Crippen molar-refractivity contribution in [2.45, 2.75) is 24.7 Å². The molecule has 0 radical (unpaired) electrons. The molecule has 3 aromatic carbocycles. The van der Waals surface area contributed by atoms with Crippen molar-refractivity contribution in [2.75, 3.05) is 4.72 Å². The molecule has 6 heteroatoms. The molecule has 5 nitrogen and oxygen atoms in total. The largest absolute Gasteiger partial charge is 0.331 e. The lowest BCUT2D eigenvalue weighted by Gasteiger charge is -2.09. The number of aryl methyl sites for hydroxylation is 4. The van der Waals surface area contributed by atoms with Crippen molar-refractivity contribution in [1.29, 1.82) is 0 Å². The van der Waals surface area contributed by atoms with Crippen LogP contribution in [0.2, 0.25) is 0 Å². The number of sulfonamides is 1. The molecule has 0 saturated heterocycles. The molecule has 4 rings (SSSR count). The lowest BCUT2D eigenvalue weighted by atomic mass is 10.1. The first kappa shape index (κ1) is 19.2. The second-order valence-electron chi connectivity index (χ2n) is 7.19. The van der Waals surface area contributed by atoms with Gasteiger partial charge in [0, 0.05) is 19.2 Å². The van der Waals surface area contributed by atoms with Gasteiger partial charge in [-0.1, -0.05) is 42.0 Å². The zero-order valence-electron chi connectivity index (χ0n) is 16.5. The van der Waals surface area contributed by atoms with Crippen LogP contribution in [0.15, 0.2) is 77.7 Å². The summed E-state index contributed by atoms with van der Waals surface area (Å²) in [5.41, 5.74) is 4.84. The Labute approximate surface area is 171 Å². The fourth-order valence-electron chi connectivity index (χ4n) is 3.35. The number of benzene rings is 3. The van der Waals surface area contributed by atoms with E-state index in [0.29, 0.717) is 5.69 Å². The standard InChI is InChI=1S/C23H23N3O2S/c1-17-7-14-20(15-8-17)29(27,28)25-19-12-9-18(10-13-19)11-16-23-24-21-5-3-4-6-22(21)26(23)2/h3-10,12-15,25H,11,16H2,1-2H3. The van der Waals surface area contributed by atoms with Gasteiger partial charge in [-0.25, -0.2) is 13.4 Å². The second-order valence-corrected chi connectivity index (χ2v) is 8.87. The van der Waals surface area contributed by atoms with Gasteiger partial charge in [-0.2, -0.15) is 0 Å². The summed E-state index contributed by atoms with van der Waals surface area (Å²) in [7, 11) is -1.55. The zero-order chi connectivity index (χ0) is 20.4. The summed E-state index contributed by atoms with van der Waals surface area (Å²) >= 11 is 0. The van der Waals surface area contributed by atoms with Gasteiger partial charge in [-0.05, 0) is 55.3 Å². The maximum absolute atomic E-state index is 12.5. The number of aromatic nitrogens is 2. The van der Waals surface area contributed by atoms with E-state index in [0.717, 1.165) is 40.8 Å². The average molecular weight is 406 g/mol. The minimum Gasteiger partial charge on any atom is -0.331 e. The Balaban J connectivity index is 1.43. The molecule has 0 amide bonds. The average Bonchev–Trinajstić information content (AvgIpc) is 3.03. The van der Waals surface area contributed by atoms with Crippen molar-refractivity contribution < 1.29 is 8.42 Å². The van der Waals surface area contributed by atoms with Crippen LogP contribution in [-0.2, 0) is 29.9 Å². The van der Waals surface area contributed by atoms with Gasteiger partial charge in [0.1, 0.15) is 5.82 Å². The molecule has 0 saturated carbocycles. The number of anilines is 1. The number of nitrogens with one attached hydrogen (secondary N) is 1. The van der Waals surface area contributed by atoms with Crippen LogP contribution in [0.5, 0.6) is 0 Å². The third-order valence-electron chi connectivity index (χ3n) is 5.05. The quantitative estimate of drug-likeness (QED) is 0.515. The van der Waals surface area contributed by atoms with Crippen LogP contribution in [0.25, 0.3) is 11.0 Å². The second kappa shape index (κ2) is 7.72. The SMILES string of the molecule is Cc1ccc(S(=O)(=O)Nc2ccc(CCc3nc4ccccc4n3C)cc2)cc1. The summed E-state index contributed by atoms with van der Waals surface area (Å²) in [6.45, 7) is 1.93. The molecule has 0 aliphatic carbocycles. The first-order valence-corrected chi connectivity index (χ1v) is 11.0. The molecule has 1 N–H and O–H groups in total. The summed E-state index contributed by atoms with van der Waals surface area (Å²) in [4.78, 5) is 4.96. The van der Waals surface area contributed by atoms with Crippen molar-refractivity contribution in [3.63, 3.8) is 0 Å². The summed E-state index contributed by atoms with van der Waals surface area (Å²) in [6.07, 6.45) is 1.65. The van der Waals surface area contributed by atoms with E-state index < -0.39 is 10.0 Å². The van der Waals surface area contributed by atoms with Crippen LogP contribution in [0.3, 0.4) is 0 Å². The van der Waals surface area contributed by atoms with Crippen molar-refractivity contribution >= 4 is 26.7 Å². The van der Waals surface area contributed by atoms with Crippen molar-refractivity contribution in [3.05, 3.63) is 89.7 Å². The van der Waals surface area contributed by atoms with E-state index >= 15 is 0 Å². The predicted molar refractivity (Wildman–Crippen MR) is 117 cm³/mol. The first-order valence-electron chi connectivity index (χ1n) is 9.51. The molecule has 1 heterocycles. The fraction of sp³-hybridized carbons (Fsp3) is 0.174. The van der Waals surface area contributed by atoms with Crippen LogP contribution >= 0.6 is 0 Å². The van der Waals surface area contributed by atoms with Gasteiger partial charge in [0.15, 0.2) is 0 Å². The van der Waals surface area contributed by atoms with Crippen molar-refractivity contribution in [1.82, 2.24) is 9.55 Å². The lowest BCUT2D eigenvalue weighted by Crippen LogP contribution is -2.12. The van der Waals surface area contributed by atoms with Gasteiger partial charge in [-0.3, -0.25) is 4.72 Å². The van der Waals surface area contributed by atoms with E-state index in [9.17, 15) is 8.42 Å². The number of imidazole rings is 1. The highest BCUT2D eigenvalue weighted by Gasteiger charge is 2.14. The van der Waals surface area contributed by atoms with Gasteiger partial charge < -0.3 is 4.57 Å². The first-order chi connectivity index (χ1) is 13.9. The predicted octanol–water partition coefficient (Wildman–Crippen LogP) is 4.47. The third kappa shape index (κ3) is 4.17. The molecular formula is C23H23N3O2S. The van der Waals surface area contributed by atoms with E-state index in [4.69, 9.17) is 4.98 Å². The zero-order valence-corrected chi connectivity index (χ0v) is 17.3. The van der Waals surface area contributed by atoms with Crippen LogP contribution in [0.1, 0.15) is 17.0 Å². The van der Waals surface area contributed by atoms with Gasteiger partial charge in [0.05, 0.1) is 15.9 Å². The van der Waals surface area contributed by atoms with E-state index in [2.05, 4.69) is 15.4 Å². The number of hydrogen-bond donors (Lipinski definition) is 1. The van der Waals surface area contributed by atoms with Crippen LogP contribution in [0.4, 0.5) is 5.69 Å². The molecule has 0 bridgehead atoms. The number of para-hydroxylation sites is 2. The molecule has 0 aliphatic heterocycles. The maximum Gasteiger partial charge on any atom is 0.261 e. The molecule has 29 heavy (non-hydrogen) atoms. The highest BCUT2D eigenvalue weighted by atomic mass is 32.2. The Morgan fingerprint density at radius 3 is 2.28 bits per heavy atom. The van der Waals surface area contributed by atoms with Crippen molar-refractivity contribution in [3.8, 4) is 0 Å². The maximum atomic E-state index is 12.5. The van der Waals surface area contributed by atoms with E-state index in [1.807, 2.05) is 44.3 Å². The third-order valence-corrected chi connectivity index (χ3v) is 6.45. The van der Waals surface area contributed by atoms with Gasteiger partial charge in [0.25, 0.3) is 10.0 Å². The van der Waals surface area contributed by atoms with Crippen LogP contribution < -0.4 is 4.72 Å². The fourth-order valence-corrected chi connectivity index (χ4v) is 4.40. The molecule has 0 atom stereocenters. The number of hydrogen-bond acceptors (Lipinski definition) is 3. The molecule has 0 aliphatic rings. The van der Waals surface area contributed by atoms with Crippen LogP contribution in [-0.4, -0.2) is 18.0 Å². The Morgan fingerprint density at radius 2 is 1.59 bits per heavy atom. The lowest BCUT2D eigenvalue weighted by molar-refractivity contribution is 0.601. The summed E-state index contributed by atoms with van der Waals surface area (Å²) in [5.74, 6) is 1.04. The molecule has 148 valence electrons. The molecular weight excluding hydrogens is 382 g/mol. The monoisotopic (exact) mass is 405 g/mol. The summed E-state index contributed by atoms with van der Waals surface area (Å²) in [6, 6.07) is 22.4. The van der Waals surface area contributed by atoms with Gasteiger partial charge >= 0.3 is 0 Å². The minimum atomic E-state index is -3.58.